The van der Waals surface area contributed by atoms with E-state index in [-0.39, 0.29) is 11.7 Å². The summed E-state index contributed by atoms with van der Waals surface area (Å²) in [6.07, 6.45) is -2.17. The zero-order chi connectivity index (χ0) is 25.8. The van der Waals surface area contributed by atoms with E-state index in [2.05, 4.69) is 17.3 Å². The van der Waals surface area contributed by atoms with Gasteiger partial charge in [-0.25, -0.2) is 4.39 Å². The molecular formula is C24H29ClF4N4O2. The quantitative estimate of drug-likeness (QED) is 0.482. The molecule has 1 saturated heterocycles. The largest absolute Gasteiger partial charge is 0.446 e. The van der Waals surface area contributed by atoms with Crippen LogP contribution < -0.4 is 5.32 Å². The molecule has 2 atom stereocenters. The molecule has 0 aliphatic carbocycles. The molecule has 0 spiro atoms. The van der Waals surface area contributed by atoms with Crippen molar-refractivity contribution < 1.29 is 27.2 Å². The maximum absolute atomic E-state index is 14.3. The highest BCUT2D eigenvalue weighted by atomic mass is 35.5. The highest BCUT2D eigenvalue weighted by Gasteiger charge is 2.29. The van der Waals surface area contributed by atoms with E-state index in [1.807, 2.05) is 16.5 Å². The average Bonchev–Trinajstić information content (AvgIpc) is 3.10. The van der Waals surface area contributed by atoms with E-state index in [1.54, 1.807) is 12.1 Å². The Morgan fingerprint density at radius 3 is 2.69 bits per heavy atom. The van der Waals surface area contributed by atoms with Crippen molar-refractivity contribution in [3.05, 3.63) is 51.6 Å². The topological polar surface area (TPSA) is 67.2 Å². The van der Waals surface area contributed by atoms with E-state index in [4.69, 9.17) is 16.4 Å². The lowest BCUT2D eigenvalue weighted by molar-refractivity contribution is -0.156. The Balaban J connectivity index is 0.000000509. The zero-order valence-electron chi connectivity index (χ0n) is 19.7. The molecule has 0 saturated carbocycles. The van der Waals surface area contributed by atoms with Gasteiger partial charge in [-0.15, -0.1) is 0 Å². The van der Waals surface area contributed by atoms with Gasteiger partial charge in [0.25, 0.3) is 0 Å². The van der Waals surface area contributed by atoms with Crippen LogP contribution in [0.3, 0.4) is 0 Å². The third-order valence-electron chi connectivity index (χ3n) is 6.36. The van der Waals surface area contributed by atoms with Crippen molar-refractivity contribution in [2.45, 2.75) is 64.8 Å². The molecule has 11 heteroatoms. The zero-order valence-corrected chi connectivity index (χ0v) is 20.4. The molecule has 1 amide bonds. The molecule has 35 heavy (non-hydrogen) atoms. The van der Waals surface area contributed by atoms with Gasteiger partial charge in [0, 0.05) is 29.6 Å². The smallest absolute Gasteiger partial charge is 0.336 e. The highest BCUT2D eigenvalue weighted by molar-refractivity contribution is 6.30. The standard InChI is InChI=1S/C22H28ClFN4O.C2HF3O/c1-14-9-16(5-7-25-14)10-22(29)27-8-6-19-15(2)26-28(21(19)13-27)12-17-3-4-18(23)11-20(17)24;3-2(4,5)1-6/h3-4,11,14,16,25H,5-10,12-13H2,1-2H3;1H. The molecule has 1 aromatic heterocycles. The number of hydrogen-bond acceptors (Lipinski definition) is 4. The summed E-state index contributed by atoms with van der Waals surface area (Å²) in [5.41, 5.74) is 3.73. The number of amides is 1. The van der Waals surface area contributed by atoms with Gasteiger partial charge in [0.15, 0.2) is 0 Å². The normalized spacial score (nSPS) is 20.0. The van der Waals surface area contributed by atoms with E-state index in [0.29, 0.717) is 42.1 Å². The van der Waals surface area contributed by atoms with Crippen molar-refractivity contribution in [2.75, 3.05) is 13.1 Å². The number of hydrogen-bond donors (Lipinski definition) is 1. The number of rotatable bonds is 4. The van der Waals surface area contributed by atoms with Crippen LogP contribution in [-0.4, -0.2) is 52.2 Å². The van der Waals surface area contributed by atoms with Crippen molar-refractivity contribution in [3.8, 4) is 0 Å². The second-order valence-corrected chi connectivity index (χ2v) is 9.51. The molecule has 1 fully saturated rings. The molecular weight excluding hydrogens is 488 g/mol. The maximum atomic E-state index is 14.3. The van der Waals surface area contributed by atoms with Gasteiger partial charge in [-0.1, -0.05) is 17.7 Å². The number of piperidine rings is 1. The fourth-order valence-corrected chi connectivity index (χ4v) is 4.79. The van der Waals surface area contributed by atoms with Crippen molar-refractivity contribution in [3.63, 3.8) is 0 Å². The summed E-state index contributed by atoms with van der Waals surface area (Å²) >= 11 is 5.87. The van der Waals surface area contributed by atoms with E-state index in [1.165, 1.54) is 11.6 Å². The monoisotopic (exact) mass is 516 g/mol. The number of halogens is 5. The SMILES string of the molecule is Cc1nn(Cc2ccc(Cl)cc2F)c2c1CCN(C(=O)CC1CCNC(C)C1)C2.O=CC(F)(F)F. The van der Waals surface area contributed by atoms with Crippen LogP contribution in [0.25, 0.3) is 0 Å². The molecule has 1 N–H and O–H groups in total. The molecule has 0 radical (unpaired) electrons. The van der Waals surface area contributed by atoms with Gasteiger partial charge in [-0.2, -0.15) is 18.3 Å². The van der Waals surface area contributed by atoms with Crippen LogP contribution in [0.5, 0.6) is 0 Å². The molecule has 3 heterocycles. The lowest BCUT2D eigenvalue weighted by Gasteiger charge is -2.32. The minimum Gasteiger partial charge on any atom is -0.336 e. The molecule has 192 valence electrons. The first-order valence-corrected chi connectivity index (χ1v) is 11.9. The first-order valence-electron chi connectivity index (χ1n) is 11.5. The molecule has 2 unspecified atom stereocenters. The van der Waals surface area contributed by atoms with E-state index < -0.39 is 12.5 Å². The van der Waals surface area contributed by atoms with Gasteiger partial charge in [-0.05, 0) is 63.3 Å². The number of aromatic nitrogens is 2. The lowest BCUT2D eigenvalue weighted by atomic mass is 9.90. The predicted octanol–water partition coefficient (Wildman–Crippen LogP) is 4.44. The van der Waals surface area contributed by atoms with E-state index in [0.717, 1.165) is 43.7 Å². The number of aldehydes is 1. The summed E-state index contributed by atoms with van der Waals surface area (Å²) in [5, 5.41) is 8.47. The second-order valence-electron chi connectivity index (χ2n) is 9.08. The van der Waals surface area contributed by atoms with Crippen molar-refractivity contribution in [1.82, 2.24) is 20.0 Å². The molecule has 0 bridgehead atoms. The Bertz CT molecular complexity index is 1060. The van der Waals surface area contributed by atoms with Gasteiger partial charge in [0.05, 0.1) is 24.5 Å². The van der Waals surface area contributed by atoms with Crippen LogP contribution in [-0.2, 0) is 29.1 Å². The molecule has 2 aliphatic heterocycles. The summed E-state index contributed by atoms with van der Waals surface area (Å²) in [6, 6.07) is 5.20. The number of nitrogens with zero attached hydrogens (tertiary/aromatic N) is 3. The van der Waals surface area contributed by atoms with Crippen LogP contribution >= 0.6 is 11.6 Å². The third-order valence-corrected chi connectivity index (χ3v) is 6.59. The Kier molecular flexibility index (Phi) is 8.93. The Labute approximate surface area is 206 Å². The maximum Gasteiger partial charge on any atom is 0.446 e. The first kappa shape index (κ1) is 27.1. The number of aryl methyl sites for hydroxylation is 1. The fraction of sp³-hybridized carbons (Fsp3) is 0.542. The van der Waals surface area contributed by atoms with E-state index in [9.17, 15) is 22.4 Å². The Morgan fingerprint density at radius 2 is 2.06 bits per heavy atom. The number of benzene rings is 1. The van der Waals surface area contributed by atoms with E-state index >= 15 is 0 Å². The third kappa shape index (κ3) is 7.51. The summed E-state index contributed by atoms with van der Waals surface area (Å²) < 4.78 is 47.4. The van der Waals surface area contributed by atoms with Crippen LogP contribution in [0.4, 0.5) is 17.6 Å². The van der Waals surface area contributed by atoms with Crippen LogP contribution in [0.2, 0.25) is 5.02 Å². The average molecular weight is 517 g/mol. The fourth-order valence-electron chi connectivity index (χ4n) is 4.63. The Hall–Kier alpha value is -2.46. The van der Waals surface area contributed by atoms with Gasteiger partial charge in [0.1, 0.15) is 5.82 Å². The first-order chi connectivity index (χ1) is 16.5. The number of fused-ring (bicyclic) bond motifs is 1. The molecule has 2 aromatic rings. The predicted molar refractivity (Wildman–Crippen MR) is 124 cm³/mol. The number of carbonyl (C=O) groups is 2. The molecule has 2 aliphatic rings. The summed E-state index contributed by atoms with van der Waals surface area (Å²) in [6.45, 7) is 6.77. The van der Waals surface area contributed by atoms with Gasteiger partial charge in [0.2, 0.25) is 12.2 Å². The van der Waals surface area contributed by atoms with Crippen molar-refractivity contribution in [2.24, 2.45) is 5.92 Å². The van der Waals surface area contributed by atoms with Gasteiger partial charge in [-0.3, -0.25) is 14.3 Å². The summed E-state index contributed by atoms with van der Waals surface area (Å²) in [4.78, 5) is 23.6. The van der Waals surface area contributed by atoms with Gasteiger partial charge >= 0.3 is 6.18 Å². The molecule has 6 nitrogen and oxygen atoms in total. The van der Waals surface area contributed by atoms with Crippen molar-refractivity contribution in [1.29, 1.82) is 0 Å². The van der Waals surface area contributed by atoms with Crippen molar-refractivity contribution >= 4 is 23.8 Å². The highest BCUT2D eigenvalue weighted by Crippen LogP contribution is 2.27. The van der Waals surface area contributed by atoms with Gasteiger partial charge < -0.3 is 10.2 Å². The minimum absolute atomic E-state index is 0.220. The lowest BCUT2D eigenvalue weighted by Crippen LogP contribution is -2.40. The summed E-state index contributed by atoms with van der Waals surface area (Å²) in [5.74, 6) is 0.343. The number of carbonyl (C=O) groups excluding carboxylic acids is 2. The Morgan fingerprint density at radius 1 is 1.34 bits per heavy atom. The molecule has 1 aromatic carbocycles. The second kappa shape index (κ2) is 11.5. The number of alkyl halides is 3. The van der Waals surface area contributed by atoms with Crippen LogP contribution in [0, 0.1) is 18.7 Å². The van der Waals surface area contributed by atoms with Crippen LogP contribution in [0.1, 0.15) is 48.7 Å². The van der Waals surface area contributed by atoms with Crippen LogP contribution in [0.15, 0.2) is 18.2 Å². The minimum atomic E-state index is -4.64. The number of nitrogens with one attached hydrogen (secondary N) is 1. The summed E-state index contributed by atoms with van der Waals surface area (Å²) in [7, 11) is 0. The molecule has 4 rings (SSSR count).